The topological polar surface area (TPSA) is 15.7 Å². The van der Waals surface area contributed by atoms with Crippen LogP contribution in [-0.4, -0.2) is 60.3 Å². The molecule has 3 heteroatoms. The Morgan fingerprint density at radius 3 is 2.26 bits per heavy atom. The first-order chi connectivity index (χ1) is 9.01. The third-order valence-electron chi connectivity index (χ3n) is 4.79. The summed E-state index contributed by atoms with van der Waals surface area (Å²) in [5.74, 6) is 0.885. The maximum atomic E-state index is 5.70. The van der Waals surface area contributed by atoms with E-state index >= 15 is 0 Å². The van der Waals surface area contributed by atoms with Gasteiger partial charge in [0, 0.05) is 44.4 Å². The summed E-state index contributed by atoms with van der Waals surface area (Å²) < 4.78 is 5.70. The molecule has 0 aromatic rings. The molecular formula is C16H32N2O. The first-order valence-electron chi connectivity index (χ1n) is 8.12. The maximum absolute atomic E-state index is 5.70. The molecule has 0 atom stereocenters. The van der Waals surface area contributed by atoms with E-state index in [1.54, 1.807) is 0 Å². The van der Waals surface area contributed by atoms with Crippen molar-refractivity contribution < 1.29 is 4.74 Å². The fourth-order valence-corrected chi connectivity index (χ4v) is 3.41. The maximum Gasteiger partial charge on any atom is 0.0604 e. The fraction of sp³-hybridized carbons (Fsp3) is 1.00. The van der Waals surface area contributed by atoms with Gasteiger partial charge in [-0.15, -0.1) is 0 Å². The third-order valence-corrected chi connectivity index (χ3v) is 4.79. The van der Waals surface area contributed by atoms with E-state index in [2.05, 4.69) is 44.4 Å². The van der Waals surface area contributed by atoms with Gasteiger partial charge < -0.3 is 9.64 Å². The van der Waals surface area contributed by atoms with Crippen molar-refractivity contribution in [2.24, 2.45) is 5.92 Å². The van der Waals surface area contributed by atoms with Crippen LogP contribution in [0.5, 0.6) is 0 Å². The Morgan fingerprint density at radius 1 is 1.16 bits per heavy atom. The van der Waals surface area contributed by atoms with E-state index in [9.17, 15) is 0 Å². The second-order valence-corrected chi connectivity index (χ2v) is 6.91. The van der Waals surface area contributed by atoms with Gasteiger partial charge in [-0.05, 0) is 53.4 Å². The lowest BCUT2D eigenvalue weighted by Gasteiger charge is -2.49. The average Bonchev–Trinajstić information content (AvgIpc) is 2.21. The van der Waals surface area contributed by atoms with Crippen molar-refractivity contribution in [1.82, 2.24) is 9.80 Å². The summed E-state index contributed by atoms with van der Waals surface area (Å²) in [6.07, 6.45) is 3.02. The van der Waals surface area contributed by atoms with E-state index in [0.29, 0.717) is 12.1 Å². The van der Waals surface area contributed by atoms with Crippen LogP contribution in [0, 0.1) is 5.92 Å². The van der Waals surface area contributed by atoms with Gasteiger partial charge in [-0.2, -0.15) is 0 Å². The fourth-order valence-electron chi connectivity index (χ4n) is 3.41. The van der Waals surface area contributed by atoms with Gasteiger partial charge in [0.15, 0.2) is 0 Å². The summed E-state index contributed by atoms with van der Waals surface area (Å²) >= 11 is 0. The van der Waals surface area contributed by atoms with Crippen molar-refractivity contribution in [2.45, 2.75) is 71.7 Å². The van der Waals surface area contributed by atoms with Gasteiger partial charge in [0.25, 0.3) is 0 Å². The summed E-state index contributed by atoms with van der Waals surface area (Å²) in [4.78, 5) is 5.30. The van der Waals surface area contributed by atoms with E-state index in [1.165, 1.54) is 32.5 Å². The molecule has 0 amide bonds. The molecule has 1 aliphatic carbocycles. The Bertz CT molecular complexity index is 268. The van der Waals surface area contributed by atoms with Gasteiger partial charge in [0.1, 0.15) is 0 Å². The molecule has 1 saturated heterocycles. The lowest BCUT2D eigenvalue weighted by atomic mass is 9.85. The van der Waals surface area contributed by atoms with Crippen LogP contribution in [0.1, 0.15) is 47.5 Å². The first kappa shape index (κ1) is 15.3. The van der Waals surface area contributed by atoms with Crippen LogP contribution in [0.25, 0.3) is 0 Å². The van der Waals surface area contributed by atoms with Crippen LogP contribution in [0.2, 0.25) is 0 Å². The normalized spacial score (nSPS) is 29.1. The Hall–Kier alpha value is -0.120. The zero-order valence-corrected chi connectivity index (χ0v) is 13.4. The highest BCUT2D eigenvalue weighted by molar-refractivity contribution is 4.93. The quantitative estimate of drug-likeness (QED) is 0.706. The number of ether oxygens (including phenoxy) is 1. The highest BCUT2D eigenvalue weighted by atomic mass is 16.5. The molecule has 3 nitrogen and oxygen atoms in total. The standard InChI is InChI=1S/C16H32N2O/c1-6-19-16-7-15(8-16)18(13(4)5)11-14-9-17(10-14)12(2)3/h12-16H,6-11H2,1-5H3/t15-,16-. The molecule has 2 fully saturated rings. The van der Waals surface area contributed by atoms with Crippen LogP contribution >= 0.6 is 0 Å². The van der Waals surface area contributed by atoms with E-state index in [0.717, 1.165) is 24.6 Å². The molecule has 0 N–H and O–H groups in total. The second-order valence-electron chi connectivity index (χ2n) is 6.91. The third kappa shape index (κ3) is 3.71. The van der Waals surface area contributed by atoms with Crippen molar-refractivity contribution in [2.75, 3.05) is 26.2 Å². The molecule has 0 aromatic heterocycles. The summed E-state index contributed by atoms with van der Waals surface area (Å²) in [5.41, 5.74) is 0. The number of nitrogens with zero attached hydrogens (tertiary/aromatic N) is 2. The lowest BCUT2D eigenvalue weighted by Crippen LogP contribution is -2.58. The Kier molecular flexibility index (Phi) is 5.27. The predicted octanol–water partition coefficient (Wildman–Crippen LogP) is 2.60. The van der Waals surface area contributed by atoms with Gasteiger partial charge in [0.2, 0.25) is 0 Å². The van der Waals surface area contributed by atoms with Crippen molar-refractivity contribution in [3.8, 4) is 0 Å². The van der Waals surface area contributed by atoms with Crippen LogP contribution < -0.4 is 0 Å². The van der Waals surface area contributed by atoms with E-state index in [-0.39, 0.29) is 0 Å². The molecule has 2 aliphatic rings. The number of likely N-dealkylation sites (tertiary alicyclic amines) is 1. The summed E-state index contributed by atoms with van der Waals surface area (Å²) in [7, 11) is 0. The molecule has 0 radical (unpaired) electrons. The van der Waals surface area contributed by atoms with Gasteiger partial charge in [-0.3, -0.25) is 4.90 Å². The van der Waals surface area contributed by atoms with Crippen LogP contribution in [0.15, 0.2) is 0 Å². The first-order valence-corrected chi connectivity index (χ1v) is 8.12. The number of rotatable bonds is 7. The van der Waals surface area contributed by atoms with Crippen molar-refractivity contribution in [3.05, 3.63) is 0 Å². The van der Waals surface area contributed by atoms with Crippen molar-refractivity contribution >= 4 is 0 Å². The largest absolute Gasteiger partial charge is 0.378 e. The smallest absolute Gasteiger partial charge is 0.0604 e. The second kappa shape index (κ2) is 6.55. The molecule has 19 heavy (non-hydrogen) atoms. The molecule has 1 heterocycles. The lowest BCUT2D eigenvalue weighted by molar-refractivity contribution is -0.0676. The minimum atomic E-state index is 0.532. The summed E-state index contributed by atoms with van der Waals surface area (Å²) in [6, 6.07) is 2.15. The molecule has 1 saturated carbocycles. The molecule has 112 valence electrons. The van der Waals surface area contributed by atoms with E-state index in [4.69, 9.17) is 4.74 Å². The predicted molar refractivity (Wildman–Crippen MR) is 80.5 cm³/mol. The minimum Gasteiger partial charge on any atom is -0.378 e. The van der Waals surface area contributed by atoms with Crippen molar-refractivity contribution in [1.29, 1.82) is 0 Å². The van der Waals surface area contributed by atoms with Gasteiger partial charge in [0.05, 0.1) is 6.10 Å². The van der Waals surface area contributed by atoms with E-state index < -0.39 is 0 Å². The number of hydrogen-bond acceptors (Lipinski definition) is 3. The van der Waals surface area contributed by atoms with Gasteiger partial charge in [-0.1, -0.05) is 0 Å². The molecular weight excluding hydrogens is 236 g/mol. The SMILES string of the molecule is CCO[C@H]1C[C@H](N(CC2CN(C(C)C)C2)C(C)C)C1. The Morgan fingerprint density at radius 2 is 1.79 bits per heavy atom. The van der Waals surface area contributed by atoms with Crippen LogP contribution in [0.4, 0.5) is 0 Å². The number of hydrogen-bond donors (Lipinski definition) is 0. The molecule has 2 rings (SSSR count). The summed E-state index contributed by atoms with van der Waals surface area (Å²) in [6.45, 7) is 16.1. The molecule has 0 bridgehead atoms. The molecule has 0 spiro atoms. The molecule has 1 aliphatic heterocycles. The monoisotopic (exact) mass is 268 g/mol. The van der Waals surface area contributed by atoms with Gasteiger partial charge in [-0.25, -0.2) is 0 Å². The zero-order chi connectivity index (χ0) is 14.0. The Labute approximate surface area is 119 Å². The summed E-state index contributed by atoms with van der Waals surface area (Å²) in [5, 5.41) is 0. The zero-order valence-electron chi connectivity index (χ0n) is 13.4. The van der Waals surface area contributed by atoms with Crippen LogP contribution in [-0.2, 0) is 4.74 Å². The highest BCUT2D eigenvalue weighted by Gasteiger charge is 2.38. The minimum absolute atomic E-state index is 0.532. The molecule has 0 unspecified atom stereocenters. The van der Waals surface area contributed by atoms with E-state index in [1.807, 2.05) is 0 Å². The highest BCUT2D eigenvalue weighted by Crippen LogP contribution is 2.31. The average molecular weight is 268 g/mol. The van der Waals surface area contributed by atoms with Crippen molar-refractivity contribution in [3.63, 3.8) is 0 Å². The molecule has 0 aromatic carbocycles. The van der Waals surface area contributed by atoms with Crippen LogP contribution in [0.3, 0.4) is 0 Å². The van der Waals surface area contributed by atoms with Gasteiger partial charge >= 0.3 is 0 Å². The Balaban J connectivity index is 1.73.